The maximum atomic E-state index is 10.8. The van der Waals surface area contributed by atoms with Gasteiger partial charge in [0.15, 0.2) is 0 Å². The summed E-state index contributed by atoms with van der Waals surface area (Å²) in [7, 11) is 0. The van der Waals surface area contributed by atoms with Crippen LogP contribution in [-0.2, 0) is 0 Å². The van der Waals surface area contributed by atoms with E-state index in [1.807, 2.05) is 0 Å². The van der Waals surface area contributed by atoms with Crippen LogP contribution in [-0.4, -0.2) is 33.1 Å². The van der Waals surface area contributed by atoms with E-state index < -0.39 is 11.7 Å². The van der Waals surface area contributed by atoms with Crippen LogP contribution in [0.2, 0.25) is 0 Å². The van der Waals surface area contributed by atoms with Gasteiger partial charge >= 0.3 is 0 Å². The minimum absolute atomic E-state index is 0.0718. The Bertz CT molecular complexity index is 784. The van der Waals surface area contributed by atoms with Crippen molar-refractivity contribution in [2.24, 2.45) is 50.7 Å². The molecule has 0 radical (unpaired) electrons. The summed E-state index contributed by atoms with van der Waals surface area (Å²) < 4.78 is 0. The van der Waals surface area contributed by atoms with E-state index in [4.69, 9.17) is 0 Å². The van der Waals surface area contributed by atoms with Crippen LogP contribution in [0.1, 0.15) is 119 Å². The molecule has 0 bridgehead atoms. The average molecular weight is 461 g/mol. The highest BCUT2D eigenvalue weighted by Crippen LogP contribution is 2.89. The largest absolute Gasteiger partial charge is 0.393 e. The van der Waals surface area contributed by atoms with Crippen molar-refractivity contribution in [1.29, 1.82) is 0 Å². The lowest BCUT2D eigenvalue weighted by molar-refractivity contribution is -0.161. The summed E-state index contributed by atoms with van der Waals surface area (Å²) in [5, 5.41) is 31.5. The summed E-state index contributed by atoms with van der Waals surface area (Å²) in [6, 6.07) is 0. The summed E-state index contributed by atoms with van der Waals surface area (Å²) in [4.78, 5) is 0. The molecule has 3 N–H and O–H groups in total. The van der Waals surface area contributed by atoms with Gasteiger partial charge in [-0.1, -0.05) is 34.6 Å². The molecular weight excluding hydrogens is 408 g/mol. The molecule has 5 aliphatic carbocycles. The molecule has 5 saturated carbocycles. The fraction of sp³-hybridized carbons (Fsp3) is 1.00. The zero-order valence-electron chi connectivity index (χ0n) is 22.6. The van der Waals surface area contributed by atoms with Crippen LogP contribution in [0.15, 0.2) is 0 Å². The minimum Gasteiger partial charge on any atom is -0.393 e. The zero-order chi connectivity index (χ0) is 24.2. The fourth-order valence-electron chi connectivity index (χ4n) is 11.3. The number of hydrogen-bond donors (Lipinski definition) is 3. The first-order chi connectivity index (χ1) is 15.2. The van der Waals surface area contributed by atoms with Gasteiger partial charge in [0.1, 0.15) is 0 Å². The first kappa shape index (κ1) is 24.6. The molecule has 2 spiro atoms. The van der Waals surface area contributed by atoms with E-state index in [0.717, 1.165) is 24.7 Å². The van der Waals surface area contributed by atoms with Crippen molar-refractivity contribution in [2.45, 2.75) is 137 Å². The maximum Gasteiger partial charge on any atom is 0.0849 e. The Kier molecular flexibility index (Phi) is 5.38. The Labute approximate surface area is 203 Å². The van der Waals surface area contributed by atoms with Crippen molar-refractivity contribution in [3.63, 3.8) is 0 Å². The van der Waals surface area contributed by atoms with Crippen molar-refractivity contribution in [3.8, 4) is 0 Å². The molecule has 0 aromatic rings. The molecule has 0 aromatic heterocycles. The van der Waals surface area contributed by atoms with Crippen LogP contribution >= 0.6 is 0 Å². The van der Waals surface area contributed by atoms with Crippen molar-refractivity contribution in [2.75, 3.05) is 0 Å². The summed E-state index contributed by atoms with van der Waals surface area (Å²) in [6.45, 7) is 15.9. The van der Waals surface area contributed by atoms with Gasteiger partial charge in [-0.15, -0.1) is 0 Å². The molecule has 5 rings (SSSR count). The van der Waals surface area contributed by atoms with E-state index in [9.17, 15) is 15.3 Å². The third-order valence-electron chi connectivity index (χ3n) is 13.6. The van der Waals surface area contributed by atoms with E-state index in [1.165, 1.54) is 51.4 Å². The quantitative estimate of drug-likeness (QED) is 0.449. The van der Waals surface area contributed by atoms with Gasteiger partial charge in [0.25, 0.3) is 0 Å². The Hall–Kier alpha value is -0.120. The van der Waals surface area contributed by atoms with E-state index in [2.05, 4.69) is 34.6 Å². The normalized spacial score (nSPS) is 52.2. The van der Waals surface area contributed by atoms with Crippen molar-refractivity contribution < 1.29 is 15.3 Å². The summed E-state index contributed by atoms with van der Waals surface area (Å²) in [5.74, 6) is 2.88. The maximum absolute atomic E-state index is 10.8. The lowest BCUT2D eigenvalue weighted by Gasteiger charge is -2.63. The van der Waals surface area contributed by atoms with Gasteiger partial charge in [0, 0.05) is 0 Å². The average Bonchev–Trinajstić information content (AvgIpc) is 3.31. The monoisotopic (exact) mass is 460 g/mol. The number of aliphatic hydroxyl groups is 3. The third-order valence-corrected chi connectivity index (χ3v) is 13.6. The number of hydrogen-bond acceptors (Lipinski definition) is 3. The van der Waals surface area contributed by atoms with Gasteiger partial charge in [-0.2, -0.15) is 0 Å². The molecule has 3 heteroatoms. The van der Waals surface area contributed by atoms with E-state index in [-0.39, 0.29) is 11.5 Å². The standard InChI is InChI=1S/C30H52O3/c1-19(8-11-24(32)26(4,5)33)20-12-14-28(7)22-10-9-21-25(2,3)23(31)13-15-29(21)18-30(22,29)17-16-27(20,28)6/h19-24,31-33H,8-18H2,1-7H3/t19-,20-,21+,22+,23+,24-,27-,28+,29-,30+/m0/s1. The lowest BCUT2D eigenvalue weighted by atomic mass is 9.41. The van der Waals surface area contributed by atoms with Crippen LogP contribution in [0.25, 0.3) is 0 Å². The molecule has 190 valence electrons. The van der Waals surface area contributed by atoms with Crippen LogP contribution in [0.4, 0.5) is 0 Å². The smallest absolute Gasteiger partial charge is 0.0849 e. The SMILES string of the molecule is C[C@@H](CC[C@H](O)C(C)(C)O)[C@@H]1CC[C@]2(C)[C@H]3CC[C@@H]4C(C)(C)[C@H](O)CC[C@]45C[C@]35CC[C@@]12C. The summed E-state index contributed by atoms with van der Waals surface area (Å²) in [6.07, 6.45) is 12.8. The number of fused-ring (bicyclic) bond motifs is 2. The first-order valence-corrected chi connectivity index (χ1v) is 14.2. The topological polar surface area (TPSA) is 60.7 Å². The second kappa shape index (κ2) is 7.22. The Balaban J connectivity index is 1.37. The molecule has 5 aliphatic rings. The third kappa shape index (κ3) is 3.03. The van der Waals surface area contributed by atoms with E-state index in [1.54, 1.807) is 13.8 Å². The summed E-state index contributed by atoms with van der Waals surface area (Å²) in [5.41, 5.74) is 0.949. The Morgan fingerprint density at radius 3 is 2.12 bits per heavy atom. The lowest BCUT2D eigenvalue weighted by Crippen LogP contribution is -2.57. The molecule has 0 saturated heterocycles. The Morgan fingerprint density at radius 1 is 0.818 bits per heavy atom. The second-order valence-corrected chi connectivity index (χ2v) is 15.3. The molecule has 0 aromatic carbocycles. The molecule has 0 unspecified atom stereocenters. The van der Waals surface area contributed by atoms with Crippen LogP contribution in [0.3, 0.4) is 0 Å². The van der Waals surface area contributed by atoms with Gasteiger partial charge in [-0.25, -0.2) is 0 Å². The van der Waals surface area contributed by atoms with Gasteiger partial charge in [-0.3, -0.25) is 0 Å². The molecular formula is C30H52O3. The highest BCUT2D eigenvalue weighted by atomic mass is 16.3. The minimum atomic E-state index is -1.01. The van der Waals surface area contributed by atoms with Crippen LogP contribution < -0.4 is 0 Å². The predicted molar refractivity (Wildman–Crippen MR) is 134 cm³/mol. The van der Waals surface area contributed by atoms with Gasteiger partial charge in [-0.05, 0) is 135 Å². The van der Waals surface area contributed by atoms with Crippen LogP contribution in [0, 0.1) is 50.7 Å². The predicted octanol–water partition coefficient (Wildman–Crippen LogP) is 6.33. The van der Waals surface area contributed by atoms with Gasteiger partial charge in [0.2, 0.25) is 0 Å². The van der Waals surface area contributed by atoms with E-state index >= 15 is 0 Å². The Morgan fingerprint density at radius 2 is 1.45 bits per heavy atom. The van der Waals surface area contributed by atoms with Gasteiger partial charge < -0.3 is 15.3 Å². The fourth-order valence-corrected chi connectivity index (χ4v) is 11.3. The molecule has 10 atom stereocenters. The van der Waals surface area contributed by atoms with Crippen molar-refractivity contribution >= 4 is 0 Å². The van der Waals surface area contributed by atoms with Gasteiger partial charge in [0.05, 0.1) is 17.8 Å². The number of aliphatic hydroxyl groups excluding tert-OH is 2. The molecule has 0 heterocycles. The van der Waals surface area contributed by atoms with Crippen molar-refractivity contribution in [3.05, 3.63) is 0 Å². The van der Waals surface area contributed by atoms with Crippen LogP contribution in [0.5, 0.6) is 0 Å². The highest BCUT2D eigenvalue weighted by molar-refractivity contribution is 5.30. The number of rotatable bonds is 5. The summed E-state index contributed by atoms with van der Waals surface area (Å²) >= 11 is 0. The zero-order valence-corrected chi connectivity index (χ0v) is 22.6. The second-order valence-electron chi connectivity index (χ2n) is 15.3. The molecule has 3 nitrogen and oxygen atoms in total. The molecule has 5 fully saturated rings. The molecule has 0 amide bonds. The molecule has 33 heavy (non-hydrogen) atoms. The van der Waals surface area contributed by atoms with E-state index in [0.29, 0.717) is 39.9 Å². The molecule has 0 aliphatic heterocycles. The highest BCUT2D eigenvalue weighted by Gasteiger charge is 2.82. The van der Waals surface area contributed by atoms with Crippen molar-refractivity contribution in [1.82, 2.24) is 0 Å². The first-order valence-electron chi connectivity index (χ1n) is 14.2.